The highest BCUT2D eigenvalue weighted by molar-refractivity contribution is 6.56. The summed E-state index contributed by atoms with van der Waals surface area (Å²) in [7, 11) is 0.602. The Bertz CT molecular complexity index is 1200. The Hall–Kier alpha value is -2.95. The van der Waals surface area contributed by atoms with Gasteiger partial charge in [0.05, 0.1) is 30.5 Å². The van der Waals surface area contributed by atoms with Gasteiger partial charge in [-0.2, -0.15) is 0 Å². The van der Waals surface area contributed by atoms with E-state index < -0.39 is 6.10 Å². The summed E-state index contributed by atoms with van der Waals surface area (Å²) in [6.07, 6.45) is 1.70. The zero-order valence-electron chi connectivity index (χ0n) is 20.1. The number of rotatable bonds is 6. The Labute approximate surface area is 204 Å². The van der Waals surface area contributed by atoms with Crippen molar-refractivity contribution in [2.75, 3.05) is 51.3 Å². The molecule has 0 saturated carbocycles. The Morgan fingerprint density at radius 2 is 2.00 bits per heavy atom. The largest absolute Gasteiger partial charge is 0.390 e. The van der Waals surface area contributed by atoms with Gasteiger partial charge >= 0.3 is 0 Å². The van der Waals surface area contributed by atoms with E-state index in [1.165, 1.54) is 12.1 Å². The van der Waals surface area contributed by atoms with Crippen molar-refractivity contribution in [3.63, 3.8) is 0 Å². The summed E-state index contributed by atoms with van der Waals surface area (Å²) in [6, 6.07) is 2.82. The van der Waals surface area contributed by atoms with Crippen LogP contribution in [0, 0.1) is 12.7 Å². The van der Waals surface area contributed by atoms with Crippen LogP contribution in [0.5, 0.6) is 0 Å². The predicted octanol–water partition coefficient (Wildman–Crippen LogP) is 0.756. The lowest BCUT2D eigenvalue weighted by molar-refractivity contribution is -0.110. The van der Waals surface area contributed by atoms with Crippen molar-refractivity contribution in [3.8, 4) is 0 Å². The predicted molar refractivity (Wildman–Crippen MR) is 134 cm³/mol. The first-order chi connectivity index (χ1) is 16.9. The summed E-state index contributed by atoms with van der Waals surface area (Å²) < 4.78 is 19.6. The van der Waals surface area contributed by atoms with E-state index in [1.807, 2.05) is 13.7 Å². The first-order valence-electron chi connectivity index (χ1n) is 12.2. The lowest BCUT2D eigenvalue weighted by Gasteiger charge is -2.32. The van der Waals surface area contributed by atoms with E-state index in [-0.39, 0.29) is 24.2 Å². The molecule has 0 aliphatic carbocycles. The number of morpholine rings is 1. The summed E-state index contributed by atoms with van der Waals surface area (Å²) in [5.74, 6) is -0.792. The summed E-state index contributed by atoms with van der Waals surface area (Å²) in [6.45, 7) is 7.94. The molecule has 184 valence electrons. The number of halogens is 1. The number of carbonyl (C=O) groups is 2. The highest BCUT2D eigenvalue weighted by atomic mass is 19.1. The lowest BCUT2D eigenvalue weighted by Crippen LogP contribution is -2.47. The molecule has 4 heterocycles. The fourth-order valence-corrected chi connectivity index (χ4v) is 5.27. The molecule has 0 bridgehead atoms. The van der Waals surface area contributed by atoms with Gasteiger partial charge in [-0.05, 0) is 30.7 Å². The van der Waals surface area contributed by atoms with Gasteiger partial charge in [-0.25, -0.2) is 4.39 Å². The zero-order chi connectivity index (χ0) is 24.7. The number of nitrogens with one attached hydrogen (secondary N) is 2. The maximum absolute atomic E-state index is 14.2. The van der Waals surface area contributed by atoms with Gasteiger partial charge in [-0.15, -0.1) is 0 Å². The van der Waals surface area contributed by atoms with Crippen LogP contribution in [-0.4, -0.2) is 91.0 Å². The average molecular weight is 480 g/mol. The number of carbonyl (C=O) groups excluding carboxylic acids is 2. The van der Waals surface area contributed by atoms with E-state index in [1.54, 1.807) is 11.0 Å². The monoisotopic (exact) mass is 480 g/mol. The molecule has 35 heavy (non-hydrogen) atoms. The molecule has 3 aliphatic heterocycles. The Balaban J connectivity index is 1.37. The maximum atomic E-state index is 14.2. The topological polar surface area (TPSA) is 97.9 Å². The Morgan fingerprint density at radius 3 is 2.74 bits per heavy atom. The second-order valence-electron chi connectivity index (χ2n) is 9.44. The number of nitrogens with zero attached hydrogens (tertiary/aromatic N) is 2. The highest BCUT2D eigenvalue weighted by Crippen LogP contribution is 2.34. The van der Waals surface area contributed by atoms with Crippen molar-refractivity contribution in [1.29, 1.82) is 0 Å². The van der Waals surface area contributed by atoms with Gasteiger partial charge in [-0.1, -0.05) is 12.3 Å². The van der Waals surface area contributed by atoms with Crippen LogP contribution in [0.15, 0.2) is 12.1 Å². The molecule has 1 saturated heterocycles. The first kappa shape index (κ1) is 23.8. The van der Waals surface area contributed by atoms with E-state index in [0.717, 1.165) is 29.8 Å². The minimum Gasteiger partial charge on any atom is -0.390 e. The summed E-state index contributed by atoms with van der Waals surface area (Å²) in [5.41, 5.74) is 5.15. The van der Waals surface area contributed by atoms with Crippen LogP contribution < -0.4 is 10.8 Å². The molecule has 0 spiro atoms. The number of aliphatic hydroxyl groups is 1. The van der Waals surface area contributed by atoms with Crippen LogP contribution in [0.1, 0.15) is 32.9 Å². The number of hydrogen-bond acceptors (Lipinski definition) is 5. The van der Waals surface area contributed by atoms with Crippen LogP contribution >= 0.6 is 0 Å². The summed E-state index contributed by atoms with van der Waals surface area (Å²) in [5, 5.41) is 13.5. The molecule has 3 N–H and O–H groups in total. The molecular weight excluding hydrogens is 450 g/mol. The van der Waals surface area contributed by atoms with Gasteiger partial charge in [0.1, 0.15) is 5.82 Å². The third-order valence-corrected chi connectivity index (χ3v) is 7.13. The van der Waals surface area contributed by atoms with Gasteiger partial charge in [0.25, 0.3) is 11.8 Å². The van der Waals surface area contributed by atoms with Crippen LogP contribution in [0.3, 0.4) is 0 Å². The number of aromatic amines is 1. The number of H-pyrrole nitrogens is 1. The molecule has 8 nitrogen and oxygen atoms in total. The Morgan fingerprint density at radius 1 is 1.23 bits per heavy atom. The number of ether oxygens (including phenoxy) is 1. The Kier molecular flexibility index (Phi) is 6.52. The third kappa shape index (κ3) is 4.53. The molecule has 10 heteroatoms. The molecule has 3 aliphatic rings. The molecule has 1 atom stereocenters. The van der Waals surface area contributed by atoms with Crippen molar-refractivity contribution in [1.82, 2.24) is 14.8 Å². The normalized spacial score (nSPS) is 20.1. The molecule has 0 radical (unpaired) electrons. The van der Waals surface area contributed by atoms with E-state index in [0.29, 0.717) is 68.1 Å². The molecule has 1 fully saturated rings. The number of aliphatic hydroxyl groups excluding tert-OH is 1. The van der Waals surface area contributed by atoms with Crippen molar-refractivity contribution in [2.24, 2.45) is 0 Å². The standard InChI is InChI=1S/C25H30BFN4O4/c1-14-21(11-18-17-9-15(27)10-19(26-2)23(17)29-24(18)33)28-20-3-4-31(25(34)22(14)20)13-16(32)12-30-5-7-35-8-6-30/h9-11,16,26,28,32H,3-8,12-13H2,1-2H3,(H,29,33)/b18-11-/t16-/m0/s1. The third-order valence-electron chi connectivity index (χ3n) is 7.13. The number of amides is 2. The number of hydrogen-bond donors (Lipinski definition) is 3. The number of β-amino-alcohol motifs (C(OH)–C–C–N with tert-alkyl or cyclic N) is 1. The fraction of sp³-hybridized carbons (Fsp3) is 0.440. The van der Waals surface area contributed by atoms with Gasteiger partial charge in [0, 0.05) is 61.8 Å². The van der Waals surface area contributed by atoms with Crippen molar-refractivity contribution in [3.05, 3.63) is 46.0 Å². The van der Waals surface area contributed by atoms with E-state index in [2.05, 4.69) is 15.2 Å². The minimum absolute atomic E-state index is 0.124. The number of aromatic nitrogens is 1. The van der Waals surface area contributed by atoms with Gasteiger partial charge in [0.15, 0.2) is 7.28 Å². The molecule has 5 rings (SSSR count). The van der Waals surface area contributed by atoms with Crippen molar-refractivity contribution >= 4 is 41.9 Å². The van der Waals surface area contributed by atoms with E-state index >= 15 is 0 Å². The molecule has 1 aromatic carbocycles. The summed E-state index contributed by atoms with van der Waals surface area (Å²) >= 11 is 0. The second kappa shape index (κ2) is 9.60. The molecule has 2 aromatic rings. The van der Waals surface area contributed by atoms with Crippen LogP contribution in [0.25, 0.3) is 11.6 Å². The van der Waals surface area contributed by atoms with E-state index in [9.17, 15) is 19.1 Å². The first-order valence-corrected chi connectivity index (χ1v) is 12.2. The second-order valence-corrected chi connectivity index (χ2v) is 9.44. The quantitative estimate of drug-likeness (QED) is 0.419. The molecule has 2 amide bonds. The summed E-state index contributed by atoms with van der Waals surface area (Å²) in [4.78, 5) is 33.2. The zero-order valence-corrected chi connectivity index (χ0v) is 20.1. The molecule has 0 unspecified atom stereocenters. The highest BCUT2D eigenvalue weighted by Gasteiger charge is 2.32. The fourth-order valence-electron chi connectivity index (χ4n) is 5.27. The van der Waals surface area contributed by atoms with Crippen LogP contribution in [0.2, 0.25) is 6.82 Å². The molecular formula is C25H30BFN4O4. The smallest absolute Gasteiger partial charge is 0.256 e. The van der Waals surface area contributed by atoms with Crippen LogP contribution in [-0.2, 0) is 16.0 Å². The molecule has 1 aromatic heterocycles. The van der Waals surface area contributed by atoms with Gasteiger partial charge < -0.3 is 25.0 Å². The van der Waals surface area contributed by atoms with Gasteiger partial charge in [0.2, 0.25) is 0 Å². The SMILES string of the molecule is CBc1cc(F)cc2c1NC(=O)/C2=C\c1[nH]c2c(c1C)C(=O)N(C[C@@H](O)CN1CCOCC1)CC2. The van der Waals surface area contributed by atoms with Gasteiger partial charge in [-0.3, -0.25) is 14.5 Å². The average Bonchev–Trinajstić information content (AvgIpc) is 3.32. The minimum atomic E-state index is -0.638. The van der Waals surface area contributed by atoms with Crippen molar-refractivity contribution < 1.29 is 23.8 Å². The maximum Gasteiger partial charge on any atom is 0.256 e. The van der Waals surface area contributed by atoms with E-state index in [4.69, 9.17) is 4.74 Å². The van der Waals surface area contributed by atoms with Crippen molar-refractivity contribution in [2.45, 2.75) is 26.3 Å². The number of fused-ring (bicyclic) bond motifs is 2. The van der Waals surface area contributed by atoms with Crippen LogP contribution in [0.4, 0.5) is 10.1 Å². The number of benzene rings is 1. The lowest BCUT2D eigenvalue weighted by atomic mass is 9.71. The number of anilines is 1.